The van der Waals surface area contributed by atoms with Gasteiger partial charge < -0.3 is 4.90 Å². The van der Waals surface area contributed by atoms with Crippen molar-refractivity contribution in [3.8, 4) is 0 Å². The van der Waals surface area contributed by atoms with Gasteiger partial charge >= 0.3 is 0 Å². The summed E-state index contributed by atoms with van der Waals surface area (Å²) in [5.74, 6) is 0. The van der Waals surface area contributed by atoms with E-state index in [2.05, 4.69) is 51.2 Å². The van der Waals surface area contributed by atoms with Crippen LogP contribution in [0.2, 0.25) is 0 Å². The maximum Gasteiger partial charge on any atom is 0.113 e. The molecule has 86 valence electrons. The summed E-state index contributed by atoms with van der Waals surface area (Å²) in [5.41, 5.74) is 6.37. The average molecular weight is 296 g/mol. The number of hydrogen-bond donors (Lipinski definition) is 0. The molecule has 4 rings (SSSR count). The number of benzene rings is 2. The summed E-state index contributed by atoms with van der Waals surface area (Å²) < 4.78 is 1.17. The molecule has 2 radical (unpaired) electrons. The third-order valence-corrected chi connectivity index (χ3v) is 4.43. The maximum atomic E-state index is 5.87. The van der Waals surface area contributed by atoms with Gasteiger partial charge in [-0.2, -0.15) is 0 Å². The van der Waals surface area contributed by atoms with Crippen LogP contribution < -0.4 is 10.4 Å². The first-order chi connectivity index (χ1) is 8.72. The molecule has 0 bridgehead atoms. The van der Waals surface area contributed by atoms with E-state index in [9.17, 15) is 0 Å². The molecule has 3 heteroatoms. The second-order valence-corrected chi connectivity index (χ2v) is 6.01. The monoisotopic (exact) mass is 295 g/mol. The van der Waals surface area contributed by atoms with E-state index < -0.39 is 0 Å². The summed E-state index contributed by atoms with van der Waals surface area (Å²) in [7, 11) is 5.87. The first-order valence-electron chi connectivity index (χ1n) is 6.18. The fourth-order valence-corrected chi connectivity index (χ4v) is 3.65. The molecule has 2 aromatic rings. The van der Waals surface area contributed by atoms with Gasteiger partial charge in [0.25, 0.3) is 0 Å². The van der Waals surface area contributed by atoms with Crippen LogP contribution >= 0.6 is 15.9 Å². The minimum absolute atomic E-state index is 0.575. The molecule has 1 atom stereocenters. The van der Waals surface area contributed by atoms with E-state index in [1.54, 1.807) is 0 Å². The van der Waals surface area contributed by atoms with Crippen LogP contribution in [0.15, 0.2) is 40.9 Å². The summed E-state index contributed by atoms with van der Waals surface area (Å²) in [5, 5.41) is 0. The summed E-state index contributed by atoms with van der Waals surface area (Å²) in [6, 6.07) is 13.4. The van der Waals surface area contributed by atoms with Crippen molar-refractivity contribution in [2.75, 3.05) is 4.90 Å². The highest BCUT2D eigenvalue weighted by Crippen LogP contribution is 2.46. The Labute approximate surface area is 116 Å². The Balaban J connectivity index is 1.88. The van der Waals surface area contributed by atoms with E-state index >= 15 is 0 Å². The summed E-state index contributed by atoms with van der Waals surface area (Å²) in [4.78, 5) is 2.47. The van der Waals surface area contributed by atoms with Crippen LogP contribution in [0.1, 0.15) is 11.1 Å². The second-order valence-electron chi connectivity index (χ2n) is 5.09. The lowest BCUT2D eigenvalue weighted by molar-refractivity contribution is 0.725. The fraction of sp³-hybridized carbons (Fsp3) is 0.200. The van der Waals surface area contributed by atoms with Crippen molar-refractivity contribution < 1.29 is 0 Å². The van der Waals surface area contributed by atoms with Crippen LogP contribution in [-0.4, -0.2) is 13.9 Å². The zero-order valence-electron chi connectivity index (χ0n) is 9.86. The number of hydrogen-bond acceptors (Lipinski definition) is 1. The molecule has 0 aliphatic carbocycles. The van der Waals surface area contributed by atoms with Crippen molar-refractivity contribution in [1.82, 2.24) is 0 Å². The maximum absolute atomic E-state index is 5.87. The zero-order chi connectivity index (χ0) is 12.3. The average Bonchev–Trinajstić information content (AvgIpc) is 2.82. The smallest absolute Gasteiger partial charge is 0.113 e. The van der Waals surface area contributed by atoms with Gasteiger partial charge in [0.1, 0.15) is 7.85 Å². The van der Waals surface area contributed by atoms with Gasteiger partial charge in [0.2, 0.25) is 0 Å². The Kier molecular flexibility index (Phi) is 2.16. The number of halogens is 1. The van der Waals surface area contributed by atoms with E-state index in [1.807, 2.05) is 6.07 Å². The Bertz CT molecular complexity index is 597. The van der Waals surface area contributed by atoms with Crippen LogP contribution in [0.4, 0.5) is 11.4 Å². The zero-order valence-corrected chi connectivity index (χ0v) is 11.4. The topological polar surface area (TPSA) is 3.24 Å². The van der Waals surface area contributed by atoms with Gasteiger partial charge in [0.15, 0.2) is 0 Å². The third kappa shape index (κ3) is 1.40. The molecule has 2 aliphatic rings. The van der Waals surface area contributed by atoms with Crippen molar-refractivity contribution in [2.24, 2.45) is 0 Å². The predicted molar refractivity (Wildman–Crippen MR) is 79.3 cm³/mol. The molecule has 0 saturated carbocycles. The van der Waals surface area contributed by atoms with Gasteiger partial charge in [-0.15, -0.1) is 0 Å². The van der Waals surface area contributed by atoms with Crippen LogP contribution in [0.25, 0.3) is 0 Å². The van der Waals surface area contributed by atoms with Gasteiger partial charge in [0, 0.05) is 21.9 Å². The molecule has 0 N–H and O–H groups in total. The Morgan fingerprint density at radius 2 is 1.67 bits per heavy atom. The highest BCUT2D eigenvalue weighted by atomic mass is 79.9. The molecule has 18 heavy (non-hydrogen) atoms. The largest absolute Gasteiger partial charge is 0.337 e. The van der Waals surface area contributed by atoms with E-state index in [0.29, 0.717) is 6.04 Å². The molecule has 1 nitrogen and oxygen atoms in total. The van der Waals surface area contributed by atoms with Gasteiger partial charge in [-0.25, -0.2) is 0 Å². The molecule has 0 saturated heterocycles. The molecule has 2 aromatic carbocycles. The summed E-state index contributed by atoms with van der Waals surface area (Å²) in [6.45, 7) is 0. The first kappa shape index (κ1) is 10.7. The van der Waals surface area contributed by atoms with Crippen molar-refractivity contribution in [2.45, 2.75) is 18.9 Å². The van der Waals surface area contributed by atoms with Crippen molar-refractivity contribution in [1.29, 1.82) is 0 Å². The Hall–Kier alpha value is -1.22. The number of fused-ring (bicyclic) bond motifs is 5. The van der Waals surface area contributed by atoms with Crippen LogP contribution in [0.5, 0.6) is 0 Å². The lowest BCUT2D eigenvalue weighted by Crippen LogP contribution is -2.22. The highest BCUT2D eigenvalue weighted by Gasteiger charge is 2.36. The lowest BCUT2D eigenvalue weighted by atomic mass is 9.92. The molecule has 0 aromatic heterocycles. The number of anilines is 2. The van der Waals surface area contributed by atoms with E-state index in [-0.39, 0.29) is 0 Å². The van der Waals surface area contributed by atoms with E-state index in [4.69, 9.17) is 7.85 Å². The van der Waals surface area contributed by atoms with Crippen molar-refractivity contribution in [3.63, 3.8) is 0 Å². The fourth-order valence-electron chi connectivity index (χ4n) is 3.24. The molecule has 1 unspecified atom stereocenters. The Morgan fingerprint density at radius 3 is 2.44 bits per heavy atom. The molecule has 2 aliphatic heterocycles. The van der Waals surface area contributed by atoms with Crippen LogP contribution in [0, 0.1) is 0 Å². The van der Waals surface area contributed by atoms with Crippen molar-refractivity contribution in [3.05, 3.63) is 52.0 Å². The summed E-state index contributed by atoms with van der Waals surface area (Å²) in [6.07, 6.45) is 2.23. The van der Waals surface area contributed by atoms with Gasteiger partial charge in [0.05, 0.1) is 0 Å². The highest BCUT2D eigenvalue weighted by molar-refractivity contribution is 9.10. The normalized spacial score (nSPS) is 19.6. The minimum atomic E-state index is 0.575. The van der Waals surface area contributed by atoms with E-state index in [0.717, 1.165) is 18.3 Å². The number of nitrogens with zero attached hydrogens (tertiary/aromatic N) is 1. The van der Waals surface area contributed by atoms with Crippen LogP contribution in [0.3, 0.4) is 0 Å². The molecular weight excluding hydrogens is 285 g/mol. The Morgan fingerprint density at radius 1 is 1.00 bits per heavy atom. The van der Waals surface area contributed by atoms with Gasteiger partial charge in [-0.05, 0) is 48.2 Å². The molecule has 2 heterocycles. The first-order valence-corrected chi connectivity index (χ1v) is 6.98. The van der Waals surface area contributed by atoms with Crippen molar-refractivity contribution >= 4 is 40.6 Å². The third-order valence-electron chi connectivity index (χ3n) is 3.94. The molecule has 0 fully saturated rings. The summed E-state index contributed by atoms with van der Waals surface area (Å²) >= 11 is 3.55. The molecular formula is C15H11BBrN. The standard InChI is InChI=1S/C15H11BBrN/c16-11-1-3-14-9(5-11)7-13-8-10-6-12(17)2-4-15(10)18(13)14/h1-6,13H,7-8H2. The van der Waals surface area contributed by atoms with Gasteiger partial charge in [-0.1, -0.05) is 33.5 Å². The van der Waals surface area contributed by atoms with Crippen LogP contribution in [-0.2, 0) is 12.8 Å². The second kappa shape index (κ2) is 3.64. The minimum Gasteiger partial charge on any atom is -0.337 e. The molecule has 0 amide bonds. The van der Waals surface area contributed by atoms with E-state index in [1.165, 1.54) is 27.0 Å². The predicted octanol–water partition coefficient (Wildman–Crippen LogP) is 2.86. The quantitative estimate of drug-likeness (QED) is 0.676. The SMILES string of the molecule is [B]c1ccc2c(c1)CC1Cc3cc(Br)ccc3N21. The number of rotatable bonds is 0. The van der Waals surface area contributed by atoms with Gasteiger partial charge in [-0.3, -0.25) is 0 Å². The lowest BCUT2D eigenvalue weighted by Gasteiger charge is -2.20. The molecule has 0 spiro atoms.